The van der Waals surface area contributed by atoms with Crippen LogP contribution in [0.5, 0.6) is 11.5 Å². The van der Waals surface area contributed by atoms with Crippen LogP contribution < -0.4 is 20.1 Å². The lowest BCUT2D eigenvalue weighted by Gasteiger charge is -2.49. The summed E-state index contributed by atoms with van der Waals surface area (Å²) in [6.45, 7) is 7.49. The Hall–Kier alpha value is -6.04. The molecule has 0 radical (unpaired) electrons. The van der Waals surface area contributed by atoms with Crippen LogP contribution in [-0.2, 0) is 56.9 Å². The second-order valence-corrected chi connectivity index (χ2v) is 20.5. The number of esters is 1. The molecule has 0 saturated carbocycles. The summed E-state index contributed by atoms with van der Waals surface area (Å²) in [5.74, 6) is -0.970. The maximum atomic E-state index is 14.7. The SMILES string of the molecule is CC(NCc1ccc(Cl)cc1Oc1ccc(-c2cnc(CN(C)C)n2C)cc1)C(=O)NC(CO)C(=O)N(C)[C@@]1(Cc2ccc(Cl)cc2)CCCN(C(=O)C(CC(=O)OC(C)(C)C)Cc2cccc[n+]2[O-])C1. The molecule has 16 nitrogen and oxygen atoms in total. The smallest absolute Gasteiger partial charge is 0.307 e. The Morgan fingerprint density at radius 1 is 0.986 bits per heavy atom. The van der Waals surface area contributed by atoms with Gasteiger partial charge in [0.2, 0.25) is 17.7 Å². The fourth-order valence-corrected chi connectivity index (χ4v) is 9.11. The van der Waals surface area contributed by atoms with Gasteiger partial charge in [0.1, 0.15) is 29.0 Å². The molecule has 3 amide bonds. The minimum Gasteiger partial charge on any atom is -0.619 e. The van der Waals surface area contributed by atoms with Gasteiger partial charge < -0.3 is 49.7 Å². The Bertz CT molecular complexity index is 2640. The maximum absolute atomic E-state index is 14.7. The highest BCUT2D eigenvalue weighted by Gasteiger charge is 2.45. The Kier molecular flexibility index (Phi) is 18.3. The molecular formula is C53H66Cl2N8O8. The molecule has 18 heteroatoms. The van der Waals surface area contributed by atoms with E-state index in [-0.39, 0.29) is 31.8 Å². The third kappa shape index (κ3) is 14.5. The van der Waals surface area contributed by atoms with E-state index in [4.69, 9.17) is 32.7 Å². The van der Waals surface area contributed by atoms with Gasteiger partial charge in [-0.15, -0.1) is 0 Å². The number of imidazole rings is 1. The molecule has 1 aliphatic heterocycles. The molecule has 3 unspecified atom stereocenters. The molecule has 380 valence electrons. The first-order valence-corrected chi connectivity index (χ1v) is 24.5. The van der Waals surface area contributed by atoms with Crippen molar-refractivity contribution in [1.29, 1.82) is 0 Å². The van der Waals surface area contributed by atoms with Gasteiger partial charge in [-0.25, -0.2) is 4.98 Å². The number of amides is 3. The third-order valence-electron chi connectivity index (χ3n) is 12.6. The number of likely N-dealkylation sites (tertiary alicyclic amines) is 1. The average Bonchev–Trinajstić information content (AvgIpc) is 3.68. The molecule has 5 aromatic rings. The van der Waals surface area contributed by atoms with Gasteiger partial charge >= 0.3 is 5.97 Å². The summed E-state index contributed by atoms with van der Waals surface area (Å²) in [6.07, 6.45) is 4.17. The molecule has 2 aromatic heterocycles. The van der Waals surface area contributed by atoms with Crippen molar-refractivity contribution in [2.45, 2.75) is 96.1 Å². The number of ether oxygens (including phenoxy) is 2. The van der Waals surface area contributed by atoms with E-state index in [9.17, 15) is 29.5 Å². The quantitative estimate of drug-likeness (QED) is 0.0440. The van der Waals surface area contributed by atoms with Crippen LogP contribution >= 0.6 is 23.2 Å². The van der Waals surface area contributed by atoms with E-state index in [1.54, 1.807) is 88.2 Å². The molecule has 1 aliphatic rings. The fourth-order valence-electron chi connectivity index (χ4n) is 8.82. The summed E-state index contributed by atoms with van der Waals surface area (Å²) in [5.41, 5.74) is 2.00. The zero-order valence-electron chi connectivity index (χ0n) is 41.8. The standard InChI is InChI=1S/C53H66Cl2N8O8/c1-35(56-30-38-15-20-41(55)28-46(38)70-43-21-16-37(17-22-43)45-31-57-47(60(45)7)32-59(5)6)49(66)58-44(33-64)51(68)61(8)53(29-36-13-18-40(54)19-14-36)23-11-24-62(34-53)50(67)39(27-48(65)71-52(2,3)4)26-42-12-9-10-25-63(42)69/h9-10,12-22,25,28,31,35,39,44,56,64H,11,23-24,26-27,29-30,32-34H2,1-8H3,(H,58,66)/t35?,39?,44?,53-/m1/s1. The molecule has 0 spiro atoms. The van der Waals surface area contributed by atoms with E-state index in [1.165, 1.54) is 11.1 Å². The van der Waals surface area contributed by atoms with Crippen LogP contribution in [-0.4, -0.2) is 117 Å². The average molecular weight is 1010 g/mol. The minimum absolute atomic E-state index is 0.0192. The van der Waals surface area contributed by atoms with Crippen LogP contribution in [0.3, 0.4) is 0 Å². The van der Waals surface area contributed by atoms with E-state index in [0.717, 1.165) is 28.2 Å². The van der Waals surface area contributed by atoms with E-state index < -0.39 is 53.5 Å². The number of likely N-dealkylation sites (N-methyl/N-ethyl adjacent to an activating group) is 1. The van der Waals surface area contributed by atoms with Crippen LogP contribution in [0.25, 0.3) is 11.3 Å². The lowest BCUT2D eigenvalue weighted by Crippen LogP contribution is -2.65. The van der Waals surface area contributed by atoms with E-state index in [0.29, 0.717) is 64.3 Å². The van der Waals surface area contributed by atoms with Crippen LogP contribution in [0, 0.1) is 11.1 Å². The van der Waals surface area contributed by atoms with Crippen LogP contribution in [0.2, 0.25) is 10.0 Å². The normalized spacial score (nSPS) is 16.3. The van der Waals surface area contributed by atoms with Crippen molar-refractivity contribution < 1.29 is 38.5 Å². The number of nitrogens with zero attached hydrogens (tertiary/aromatic N) is 6. The highest BCUT2D eigenvalue weighted by atomic mass is 35.5. The van der Waals surface area contributed by atoms with Crippen LogP contribution in [0.4, 0.5) is 0 Å². The first-order valence-electron chi connectivity index (χ1n) is 23.7. The van der Waals surface area contributed by atoms with Crippen molar-refractivity contribution >= 4 is 46.9 Å². The van der Waals surface area contributed by atoms with Crippen molar-refractivity contribution in [3.63, 3.8) is 0 Å². The molecule has 3 heterocycles. The molecule has 3 N–H and O–H groups in total. The molecule has 6 rings (SSSR count). The molecule has 1 saturated heterocycles. The lowest BCUT2D eigenvalue weighted by atomic mass is 9.80. The number of aliphatic hydroxyl groups excluding tert-OH is 1. The van der Waals surface area contributed by atoms with Crippen LogP contribution in [0.15, 0.2) is 97.3 Å². The van der Waals surface area contributed by atoms with Gasteiger partial charge in [-0.1, -0.05) is 47.5 Å². The summed E-state index contributed by atoms with van der Waals surface area (Å²) in [4.78, 5) is 66.1. The Balaban J connectivity index is 1.15. The van der Waals surface area contributed by atoms with E-state index >= 15 is 0 Å². The first-order chi connectivity index (χ1) is 33.6. The van der Waals surface area contributed by atoms with Crippen molar-refractivity contribution in [2.24, 2.45) is 13.0 Å². The number of aliphatic hydroxyl groups is 1. The monoisotopic (exact) mass is 1010 g/mol. The van der Waals surface area contributed by atoms with Gasteiger partial charge in [-0.3, -0.25) is 19.2 Å². The predicted molar refractivity (Wildman–Crippen MR) is 272 cm³/mol. The first kappa shape index (κ1) is 54.3. The number of rotatable bonds is 20. The van der Waals surface area contributed by atoms with Gasteiger partial charge in [-0.2, -0.15) is 4.73 Å². The highest BCUT2D eigenvalue weighted by Crippen LogP contribution is 2.34. The van der Waals surface area contributed by atoms with Crippen LogP contribution in [0.1, 0.15) is 69.6 Å². The van der Waals surface area contributed by atoms with Crippen molar-refractivity contribution in [3.8, 4) is 22.8 Å². The Labute approximate surface area is 426 Å². The molecule has 0 bridgehead atoms. The number of nitrogens with one attached hydrogen (secondary N) is 2. The zero-order chi connectivity index (χ0) is 51.6. The van der Waals surface area contributed by atoms with Gasteiger partial charge in [0.15, 0.2) is 11.9 Å². The summed E-state index contributed by atoms with van der Waals surface area (Å²) in [7, 11) is 7.60. The van der Waals surface area contributed by atoms with Crippen molar-refractivity contribution in [2.75, 3.05) is 40.8 Å². The number of hydrogen-bond donors (Lipinski definition) is 3. The zero-order valence-corrected chi connectivity index (χ0v) is 43.3. The second kappa shape index (κ2) is 23.9. The number of piperidine rings is 1. The summed E-state index contributed by atoms with van der Waals surface area (Å²) >= 11 is 12.7. The predicted octanol–water partition coefficient (Wildman–Crippen LogP) is 6.49. The van der Waals surface area contributed by atoms with Gasteiger partial charge in [0.25, 0.3) is 0 Å². The highest BCUT2D eigenvalue weighted by molar-refractivity contribution is 6.31. The summed E-state index contributed by atoms with van der Waals surface area (Å²) < 4.78 is 14.7. The number of carbonyl (C=O) groups excluding carboxylic acids is 4. The number of halogens is 2. The van der Waals surface area contributed by atoms with Crippen molar-refractivity contribution in [3.05, 3.63) is 135 Å². The summed E-state index contributed by atoms with van der Waals surface area (Å²) in [6, 6.07) is 22.8. The molecule has 3 aromatic carbocycles. The molecule has 71 heavy (non-hydrogen) atoms. The molecule has 1 fully saturated rings. The topological polar surface area (TPSA) is 186 Å². The lowest BCUT2D eigenvalue weighted by molar-refractivity contribution is -0.614. The fraction of sp³-hybridized carbons (Fsp3) is 0.434. The maximum Gasteiger partial charge on any atom is 0.307 e. The van der Waals surface area contributed by atoms with Gasteiger partial charge in [0.05, 0.1) is 49.0 Å². The number of benzene rings is 3. The van der Waals surface area contributed by atoms with Gasteiger partial charge in [0, 0.05) is 73.5 Å². The second-order valence-electron chi connectivity index (χ2n) is 19.6. The third-order valence-corrected chi connectivity index (χ3v) is 13.1. The molecule has 4 atom stereocenters. The number of carbonyl (C=O) groups is 4. The Morgan fingerprint density at radius 3 is 2.35 bits per heavy atom. The number of hydrogen-bond acceptors (Lipinski definition) is 11. The molecule has 0 aliphatic carbocycles. The van der Waals surface area contributed by atoms with E-state index in [2.05, 4.69) is 25.1 Å². The number of pyridine rings is 1. The van der Waals surface area contributed by atoms with E-state index in [1.807, 2.05) is 63.7 Å². The van der Waals surface area contributed by atoms with Gasteiger partial charge in [-0.05, 0) is 115 Å². The summed E-state index contributed by atoms with van der Waals surface area (Å²) in [5, 5.41) is 30.4. The number of aromatic nitrogens is 3. The van der Waals surface area contributed by atoms with Crippen molar-refractivity contribution in [1.82, 2.24) is 34.9 Å². The Morgan fingerprint density at radius 2 is 1.69 bits per heavy atom. The molecular weight excluding hydrogens is 948 g/mol. The largest absolute Gasteiger partial charge is 0.619 e. The minimum atomic E-state index is -1.33.